The van der Waals surface area contributed by atoms with E-state index in [1.165, 1.54) is 18.1 Å². The van der Waals surface area contributed by atoms with E-state index in [2.05, 4.69) is 19.1 Å². The van der Waals surface area contributed by atoms with Crippen LogP contribution in [-0.2, 0) is 16.0 Å². The first kappa shape index (κ1) is 21.0. The van der Waals surface area contributed by atoms with Crippen molar-refractivity contribution in [1.29, 1.82) is 0 Å². The number of ketones is 1. The van der Waals surface area contributed by atoms with E-state index in [9.17, 15) is 9.59 Å². The summed E-state index contributed by atoms with van der Waals surface area (Å²) in [5.74, 6) is 2.91. The second kappa shape index (κ2) is 7.91. The van der Waals surface area contributed by atoms with Gasteiger partial charge in [0.25, 0.3) is 0 Å². The van der Waals surface area contributed by atoms with Crippen LogP contribution in [0, 0.1) is 17.3 Å². The molecule has 0 saturated heterocycles. The van der Waals surface area contributed by atoms with Crippen LogP contribution in [0.1, 0.15) is 62.1 Å². The third kappa shape index (κ3) is 3.46. The van der Waals surface area contributed by atoms with Crippen LogP contribution in [0.2, 0.25) is 0 Å². The smallest absolute Gasteiger partial charge is 0.308 e. The molecule has 0 aliphatic heterocycles. The average molecular weight is 431 g/mol. The Morgan fingerprint density at radius 2 is 1.84 bits per heavy atom. The third-order valence-electron chi connectivity index (χ3n) is 8.06. The van der Waals surface area contributed by atoms with Gasteiger partial charge in [-0.05, 0) is 102 Å². The Balaban J connectivity index is 1.42. The van der Waals surface area contributed by atoms with Gasteiger partial charge in [-0.1, -0.05) is 25.1 Å². The fourth-order valence-corrected chi connectivity index (χ4v) is 6.49. The Kier molecular flexibility index (Phi) is 5.19. The lowest BCUT2D eigenvalue weighted by Crippen LogP contribution is -2.42. The summed E-state index contributed by atoms with van der Waals surface area (Å²) in [6.45, 7) is 3.63. The van der Waals surface area contributed by atoms with Gasteiger partial charge < -0.3 is 9.47 Å². The van der Waals surface area contributed by atoms with Crippen molar-refractivity contribution in [3.63, 3.8) is 0 Å². The van der Waals surface area contributed by atoms with Crippen LogP contribution in [0.15, 0.2) is 48.0 Å². The second-order valence-electron chi connectivity index (χ2n) is 9.80. The highest BCUT2D eigenvalue weighted by Crippen LogP contribution is 2.60. The van der Waals surface area contributed by atoms with Gasteiger partial charge in [-0.2, -0.15) is 0 Å². The highest BCUT2D eigenvalue weighted by atomic mass is 16.5. The van der Waals surface area contributed by atoms with Crippen molar-refractivity contribution < 1.29 is 19.1 Å². The lowest BCUT2D eigenvalue weighted by Gasteiger charge is -2.48. The maximum Gasteiger partial charge on any atom is 0.308 e. The molecule has 4 nitrogen and oxygen atoms in total. The molecule has 4 atom stereocenters. The number of Topliss-reactive ketones (excluding diaryl/α,β-unsaturated/α-hetero) is 1. The fourth-order valence-electron chi connectivity index (χ4n) is 6.49. The molecule has 0 unspecified atom stereocenters. The molecule has 0 bridgehead atoms. The van der Waals surface area contributed by atoms with Crippen molar-refractivity contribution in [3.05, 3.63) is 64.7 Å². The highest BCUT2D eigenvalue weighted by Gasteiger charge is 2.56. The zero-order valence-electron chi connectivity index (χ0n) is 19.0. The summed E-state index contributed by atoms with van der Waals surface area (Å²) in [5, 5.41) is 0. The van der Waals surface area contributed by atoms with E-state index in [4.69, 9.17) is 9.47 Å². The van der Waals surface area contributed by atoms with Gasteiger partial charge >= 0.3 is 5.97 Å². The van der Waals surface area contributed by atoms with Gasteiger partial charge in [0.15, 0.2) is 5.78 Å². The molecular weight excluding hydrogens is 400 g/mol. The number of aryl methyl sites for hydroxylation is 1. The van der Waals surface area contributed by atoms with Gasteiger partial charge in [0.1, 0.15) is 11.5 Å². The molecule has 0 N–H and O–H groups in total. The van der Waals surface area contributed by atoms with E-state index in [1.807, 2.05) is 36.4 Å². The number of carbonyl (C=O) groups excluding carboxylic acids is 2. The molecule has 166 valence electrons. The van der Waals surface area contributed by atoms with E-state index in [1.54, 1.807) is 7.11 Å². The first-order chi connectivity index (χ1) is 15.4. The monoisotopic (exact) mass is 430 g/mol. The van der Waals surface area contributed by atoms with E-state index < -0.39 is 0 Å². The molecular formula is C28H30O4. The molecule has 0 spiro atoms. The summed E-state index contributed by atoms with van der Waals surface area (Å²) in [7, 11) is 1.66. The number of hydrogen-bond donors (Lipinski definition) is 0. The number of fused-ring (bicyclic) bond motifs is 5. The lowest BCUT2D eigenvalue weighted by atomic mass is 9.55. The normalized spacial score (nSPS) is 29.8. The molecule has 3 aliphatic rings. The van der Waals surface area contributed by atoms with Gasteiger partial charge in [0.05, 0.1) is 7.11 Å². The van der Waals surface area contributed by atoms with Crippen molar-refractivity contribution in [2.45, 2.75) is 51.9 Å². The van der Waals surface area contributed by atoms with Crippen LogP contribution in [0.4, 0.5) is 0 Å². The summed E-state index contributed by atoms with van der Waals surface area (Å²) >= 11 is 0. The number of allylic oxidation sites excluding steroid dienone is 1. The van der Waals surface area contributed by atoms with Crippen molar-refractivity contribution in [2.24, 2.45) is 17.3 Å². The largest absolute Gasteiger partial charge is 0.497 e. The Bertz CT molecular complexity index is 1100. The van der Waals surface area contributed by atoms with Crippen molar-refractivity contribution in [3.8, 4) is 11.5 Å². The topological polar surface area (TPSA) is 52.6 Å². The molecule has 2 aromatic rings. The minimum atomic E-state index is -0.285. The number of hydrogen-bond acceptors (Lipinski definition) is 4. The Morgan fingerprint density at radius 3 is 2.56 bits per heavy atom. The summed E-state index contributed by atoms with van der Waals surface area (Å²) < 4.78 is 10.6. The molecule has 0 radical (unpaired) electrons. The number of rotatable bonds is 3. The van der Waals surface area contributed by atoms with Crippen LogP contribution in [0.25, 0.3) is 6.08 Å². The standard InChI is InChI=1S/C28H30O4/c1-17(29)32-22-9-11-23-19(15-22)6-10-25-24(23)12-13-28(2)26(25)16-20(27(28)30)14-18-4-7-21(31-3)8-5-18/h4-5,7-9,11,14-15,24-26H,6,10,12-13,16H2,1-3H3/b20-14+/t24-,25+,26+,28+/m0/s1. The van der Waals surface area contributed by atoms with Crippen molar-refractivity contribution >= 4 is 17.8 Å². The Labute approximate surface area is 189 Å². The lowest BCUT2D eigenvalue weighted by molar-refractivity contribution is -0.132. The molecule has 5 rings (SSSR count). The van der Waals surface area contributed by atoms with Gasteiger partial charge in [-0.25, -0.2) is 0 Å². The molecule has 0 heterocycles. The van der Waals surface area contributed by atoms with E-state index in [-0.39, 0.29) is 11.4 Å². The fraction of sp³-hybridized carbons (Fsp3) is 0.429. The number of esters is 1. The molecule has 32 heavy (non-hydrogen) atoms. The molecule has 2 saturated carbocycles. The minimum absolute atomic E-state index is 0.255. The molecule has 0 amide bonds. The zero-order chi connectivity index (χ0) is 22.5. The molecule has 0 aromatic heterocycles. The van der Waals surface area contributed by atoms with Crippen LogP contribution in [0.3, 0.4) is 0 Å². The summed E-state index contributed by atoms with van der Waals surface area (Å²) in [4.78, 5) is 24.8. The van der Waals surface area contributed by atoms with E-state index in [0.717, 1.165) is 49.0 Å². The van der Waals surface area contributed by atoms with Gasteiger partial charge in [-0.15, -0.1) is 0 Å². The van der Waals surface area contributed by atoms with Crippen LogP contribution in [0.5, 0.6) is 11.5 Å². The van der Waals surface area contributed by atoms with Crippen LogP contribution < -0.4 is 9.47 Å². The van der Waals surface area contributed by atoms with Gasteiger partial charge in [0, 0.05) is 12.3 Å². The molecule has 2 aromatic carbocycles. The van der Waals surface area contributed by atoms with Crippen molar-refractivity contribution in [2.75, 3.05) is 7.11 Å². The number of benzene rings is 2. The van der Waals surface area contributed by atoms with E-state index >= 15 is 0 Å². The minimum Gasteiger partial charge on any atom is -0.497 e. The Hall–Kier alpha value is -2.88. The SMILES string of the molecule is COc1ccc(/C=C2\C[C@@H]3[C@@H]4CCc5cc(OC(C)=O)ccc5[C@@H]4CC[C@@]3(C)C2=O)cc1. The number of ether oxygens (including phenoxy) is 2. The molecule has 4 heteroatoms. The van der Waals surface area contributed by atoms with E-state index in [0.29, 0.717) is 29.3 Å². The first-order valence-electron chi connectivity index (χ1n) is 11.6. The zero-order valence-corrected chi connectivity index (χ0v) is 19.0. The van der Waals surface area contributed by atoms with Crippen LogP contribution >= 0.6 is 0 Å². The maximum absolute atomic E-state index is 13.5. The molecule has 2 fully saturated rings. The maximum atomic E-state index is 13.5. The van der Waals surface area contributed by atoms with Crippen LogP contribution in [-0.4, -0.2) is 18.9 Å². The summed E-state index contributed by atoms with van der Waals surface area (Å²) in [5.41, 5.74) is 4.46. The number of carbonyl (C=O) groups is 2. The summed E-state index contributed by atoms with van der Waals surface area (Å²) in [6.07, 6.45) is 6.99. The molecule has 3 aliphatic carbocycles. The Morgan fingerprint density at radius 1 is 1.09 bits per heavy atom. The average Bonchev–Trinajstić information content (AvgIpc) is 3.04. The number of methoxy groups -OCH3 is 1. The predicted octanol–water partition coefficient (Wildman–Crippen LogP) is 5.74. The summed E-state index contributed by atoms with van der Waals surface area (Å²) in [6, 6.07) is 14.0. The predicted molar refractivity (Wildman–Crippen MR) is 124 cm³/mol. The van der Waals surface area contributed by atoms with Gasteiger partial charge in [-0.3, -0.25) is 9.59 Å². The van der Waals surface area contributed by atoms with Crippen molar-refractivity contribution in [1.82, 2.24) is 0 Å². The second-order valence-corrected chi connectivity index (χ2v) is 9.80. The quantitative estimate of drug-likeness (QED) is 0.354. The highest BCUT2D eigenvalue weighted by molar-refractivity contribution is 6.06. The first-order valence-corrected chi connectivity index (χ1v) is 11.6. The van der Waals surface area contributed by atoms with Gasteiger partial charge in [0.2, 0.25) is 0 Å². The third-order valence-corrected chi connectivity index (χ3v) is 8.06.